The minimum atomic E-state index is -0.681. The van der Waals surface area contributed by atoms with Gasteiger partial charge in [-0.25, -0.2) is 0 Å². The van der Waals surface area contributed by atoms with E-state index >= 15 is 0 Å². The molecule has 2 amide bonds. The zero-order valence-electron chi connectivity index (χ0n) is 9.89. The Kier molecular flexibility index (Phi) is 7.08. The number of likely N-dealkylation sites (tertiary alicyclic amines) is 1. The molecule has 1 aliphatic rings. The molecule has 7 heteroatoms. The second kappa shape index (κ2) is 7.75. The third kappa shape index (κ3) is 6.64. The minimum absolute atomic E-state index is 0.0406. The van der Waals surface area contributed by atoms with Crippen LogP contribution in [-0.2, 0) is 14.4 Å². The van der Waals surface area contributed by atoms with E-state index in [1.807, 2.05) is 0 Å². The van der Waals surface area contributed by atoms with Crippen molar-refractivity contribution >= 4 is 17.6 Å². The number of nitrogens with two attached hydrogens (primary N) is 2. The Morgan fingerprint density at radius 3 is 2.35 bits per heavy atom. The molecule has 0 spiro atoms. The average molecular weight is 245 g/mol. The van der Waals surface area contributed by atoms with Crippen LogP contribution in [0.1, 0.15) is 19.8 Å². The van der Waals surface area contributed by atoms with Crippen molar-refractivity contribution in [3.8, 4) is 0 Å². The lowest BCUT2D eigenvalue weighted by atomic mass is 10.2. The Morgan fingerprint density at radius 2 is 2.12 bits per heavy atom. The molecule has 0 unspecified atom stereocenters. The van der Waals surface area contributed by atoms with Crippen LogP contribution in [0, 0.1) is 0 Å². The molecule has 1 heterocycles. The van der Waals surface area contributed by atoms with Crippen LogP contribution in [0.5, 0.6) is 0 Å². The van der Waals surface area contributed by atoms with Crippen LogP contribution in [0.2, 0.25) is 0 Å². The largest absolute Gasteiger partial charge is 0.394 e. The number of rotatable bonds is 4. The lowest BCUT2D eigenvalue weighted by Crippen LogP contribution is -2.34. The van der Waals surface area contributed by atoms with Crippen LogP contribution in [0.3, 0.4) is 0 Å². The SMILES string of the molecule is CC(=O)[C@H](N)CO.NC(=O)CN1CCCC1=O. The molecule has 17 heavy (non-hydrogen) atoms. The summed E-state index contributed by atoms with van der Waals surface area (Å²) in [6.45, 7) is 1.86. The average Bonchev–Trinajstić information content (AvgIpc) is 2.63. The first-order valence-corrected chi connectivity index (χ1v) is 5.31. The fraction of sp³-hybridized carbons (Fsp3) is 0.700. The number of primary amides is 1. The van der Waals surface area contributed by atoms with Crippen molar-refractivity contribution in [2.24, 2.45) is 11.5 Å². The first kappa shape index (κ1) is 15.5. The summed E-state index contributed by atoms with van der Waals surface area (Å²) in [7, 11) is 0. The van der Waals surface area contributed by atoms with Crippen LogP contribution < -0.4 is 11.5 Å². The predicted octanol–water partition coefficient (Wildman–Crippen LogP) is -2.01. The molecule has 0 aromatic heterocycles. The Bertz CT molecular complexity index is 293. The van der Waals surface area contributed by atoms with Crippen LogP contribution in [-0.4, -0.2) is 53.3 Å². The predicted molar refractivity (Wildman–Crippen MR) is 60.8 cm³/mol. The van der Waals surface area contributed by atoms with E-state index in [0.29, 0.717) is 13.0 Å². The molecule has 0 aromatic rings. The maximum atomic E-state index is 10.8. The molecule has 0 aliphatic carbocycles. The number of ketones is 1. The highest BCUT2D eigenvalue weighted by molar-refractivity contribution is 5.84. The summed E-state index contributed by atoms with van der Waals surface area (Å²) in [6, 6.07) is -0.681. The summed E-state index contributed by atoms with van der Waals surface area (Å²) in [5.41, 5.74) is 9.92. The molecular weight excluding hydrogens is 226 g/mol. The maximum absolute atomic E-state index is 10.8. The molecule has 5 N–H and O–H groups in total. The van der Waals surface area contributed by atoms with E-state index in [0.717, 1.165) is 6.42 Å². The number of Topliss-reactive ketones (excluding diaryl/α,β-unsaturated/α-hetero) is 1. The van der Waals surface area contributed by atoms with Gasteiger partial charge in [0.1, 0.15) is 5.78 Å². The highest BCUT2D eigenvalue weighted by Gasteiger charge is 2.20. The summed E-state index contributed by atoms with van der Waals surface area (Å²) in [4.78, 5) is 32.7. The molecule has 98 valence electrons. The van der Waals surface area contributed by atoms with E-state index < -0.39 is 11.9 Å². The van der Waals surface area contributed by atoms with Crippen LogP contribution >= 0.6 is 0 Å². The first-order chi connectivity index (χ1) is 7.88. The van der Waals surface area contributed by atoms with Gasteiger partial charge in [0.05, 0.1) is 19.2 Å². The smallest absolute Gasteiger partial charge is 0.237 e. The van der Waals surface area contributed by atoms with E-state index in [4.69, 9.17) is 16.6 Å². The number of carbonyl (C=O) groups excluding carboxylic acids is 3. The van der Waals surface area contributed by atoms with Gasteiger partial charge in [0.25, 0.3) is 0 Å². The van der Waals surface area contributed by atoms with Crippen LogP contribution in [0.25, 0.3) is 0 Å². The number of hydrogen-bond donors (Lipinski definition) is 3. The van der Waals surface area contributed by atoms with Crippen molar-refractivity contribution < 1.29 is 19.5 Å². The van der Waals surface area contributed by atoms with E-state index in [-0.39, 0.29) is 24.8 Å². The normalized spacial score (nSPS) is 16.2. The van der Waals surface area contributed by atoms with Gasteiger partial charge < -0.3 is 21.5 Å². The zero-order valence-corrected chi connectivity index (χ0v) is 9.89. The lowest BCUT2D eigenvalue weighted by molar-refractivity contribution is -0.132. The zero-order chi connectivity index (χ0) is 13.4. The van der Waals surface area contributed by atoms with Gasteiger partial charge in [-0.2, -0.15) is 0 Å². The summed E-state index contributed by atoms with van der Waals surface area (Å²) in [5, 5.41) is 8.16. The Morgan fingerprint density at radius 1 is 1.53 bits per heavy atom. The maximum Gasteiger partial charge on any atom is 0.237 e. The Balaban J connectivity index is 0.000000325. The van der Waals surface area contributed by atoms with Crippen LogP contribution in [0.15, 0.2) is 0 Å². The monoisotopic (exact) mass is 245 g/mol. The van der Waals surface area contributed by atoms with E-state index in [2.05, 4.69) is 0 Å². The first-order valence-electron chi connectivity index (χ1n) is 5.31. The molecule has 1 fully saturated rings. The number of hydrogen-bond acceptors (Lipinski definition) is 5. The molecule has 0 radical (unpaired) electrons. The summed E-state index contributed by atoms with van der Waals surface area (Å²) < 4.78 is 0. The van der Waals surface area contributed by atoms with Crippen molar-refractivity contribution in [2.75, 3.05) is 19.7 Å². The van der Waals surface area contributed by atoms with Crippen molar-refractivity contribution in [3.05, 3.63) is 0 Å². The molecule has 0 aromatic carbocycles. The van der Waals surface area contributed by atoms with Crippen molar-refractivity contribution in [1.82, 2.24) is 4.90 Å². The number of amides is 2. The fourth-order valence-corrected chi connectivity index (χ4v) is 1.19. The quantitative estimate of drug-likeness (QED) is 0.527. The second-order valence-corrected chi connectivity index (χ2v) is 3.78. The molecule has 0 bridgehead atoms. The second-order valence-electron chi connectivity index (χ2n) is 3.78. The van der Waals surface area contributed by atoms with E-state index in [1.54, 1.807) is 0 Å². The topological polar surface area (TPSA) is 127 Å². The van der Waals surface area contributed by atoms with Gasteiger partial charge in [0.15, 0.2) is 0 Å². The summed E-state index contributed by atoms with van der Waals surface area (Å²) >= 11 is 0. The van der Waals surface area contributed by atoms with Gasteiger partial charge >= 0.3 is 0 Å². The Hall–Kier alpha value is -1.47. The number of aliphatic hydroxyl groups is 1. The van der Waals surface area contributed by atoms with Crippen molar-refractivity contribution in [2.45, 2.75) is 25.8 Å². The third-order valence-corrected chi connectivity index (χ3v) is 2.24. The van der Waals surface area contributed by atoms with E-state index in [1.165, 1.54) is 11.8 Å². The highest BCUT2D eigenvalue weighted by Crippen LogP contribution is 2.07. The Labute approximate surface area is 99.7 Å². The summed E-state index contributed by atoms with van der Waals surface area (Å²) in [5.74, 6) is -0.573. The number of aliphatic hydroxyl groups excluding tert-OH is 1. The van der Waals surface area contributed by atoms with Crippen LogP contribution in [0.4, 0.5) is 0 Å². The third-order valence-electron chi connectivity index (χ3n) is 2.24. The summed E-state index contributed by atoms with van der Waals surface area (Å²) in [6.07, 6.45) is 1.42. The van der Waals surface area contributed by atoms with Gasteiger partial charge in [0.2, 0.25) is 11.8 Å². The molecule has 1 aliphatic heterocycles. The minimum Gasteiger partial charge on any atom is -0.394 e. The van der Waals surface area contributed by atoms with Gasteiger partial charge in [-0.1, -0.05) is 0 Å². The van der Waals surface area contributed by atoms with Gasteiger partial charge in [-0.3, -0.25) is 14.4 Å². The molecule has 7 nitrogen and oxygen atoms in total. The van der Waals surface area contributed by atoms with Gasteiger partial charge in [-0.15, -0.1) is 0 Å². The van der Waals surface area contributed by atoms with Gasteiger partial charge in [-0.05, 0) is 13.3 Å². The fourth-order valence-electron chi connectivity index (χ4n) is 1.19. The molecule has 1 atom stereocenters. The molecular formula is C10H19N3O4. The standard InChI is InChI=1S/C6H10N2O2.C4H9NO2/c7-5(9)4-8-3-1-2-6(8)10;1-3(7)4(5)2-6/h1-4H2,(H2,7,9);4,6H,2,5H2,1H3/t;4-/m.1/s1. The molecule has 1 saturated heterocycles. The highest BCUT2D eigenvalue weighted by atomic mass is 16.3. The molecule has 1 rings (SSSR count). The van der Waals surface area contributed by atoms with Crippen molar-refractivity contribution in [1.29, 1.82) is 0 Å². The molecule has 0 saturated carbocycles. The van der Waals surface area contributed by atoms with Crippen molar-refractivity contribution in [3.63, 3.8) is 0 Å². The van der Waals surface area contributed by atoms with Gasteiger partial charge in [0, 0.05) is 13.0 Å². The van der Waals surface area contributed by atoms with E-state index in [9.17, 15) is 14.4 Å². The lowest BCUT2D eigenvalue weighted by Gasteiger charge is -2.11. The number of carbonyl (C=O) groups is 3. The number of nitrogens with zero attached hydrogens (tertiary/aromatic N) is 1.